The molecule has 0 aromatic carbocycles. The maximum absolute atomic E-state index is 12.2. The minimum absolute atomic E-state index is 0.0182. The van der Waals surface area contributed by atoms with E-state index in [1.54, 1.807) is 6.92 Å². The molecule has 1 atom stereocenters. The SMILES string of the molecule is Cc1c(C(N)=O)sc2c1C(=O)CN/C=C/CC2C. The maximum Gasteiger partial charge on any atom is 0.259 e. The zero-order chi connectivity index (χ0) is 13.3. The Kier molecular flexibility index (Phi) is 3.52. The number of allylic oxidation sites excluding steroid dienone is 1. The van der Waals surface area contributed by atoms with Gasteiger partial charge in [0.1, 0.15) is 0 Å². The van der Waals surface area contributed by atoms with Crippen LogP contribution in [0.5, 0.6) is 0 Å². The van der Waals surface area contributed by atoms with E-state index in [9.17, 15) is 9.59 Å². The van der Waals surface area contributed by atoms with Gasteiger partial charge in [-0.3, -0.25) is 9.59 Å². The zero-order valence-electron chi connectivity index (χ0n) is 10.4. The number of hydrogen-bond acceptors (Lipinski definition) is 4. The molecule has 0 saturated carbocycles. The summed E-state index contributed by atoms with van der Waals surface area (Å²) < 4.78 is 0. The number of carbonyl (C=O) groups is 2. The molecule has 2 heterocycles. The van der Waals surface area contributed by atoms with Gasteiger partial charge in [0, 0.05) is 10.4 Å². The van der Waals surface area contributed by atoms with Crippen molar-refractivity contribution < 1.29 is 9.59 Å². The molecule has 1 aliphatic heterocycles. The van der Waals surface area contributed by atoms with Crippen LogP contribution in [0, 0.1) is 6.92 Å². The number of ketones is 1. The van der Waals surface area contributed by atoms with Crippen molar-refractivity contribution in [3.05, 3.63) is 33.2 Å². The van der Waals surface area contributed by atoms with Crippen LogP contribution in [0.2, 0.25) is 0 Å². The van der Waals surface area contributed by atoms with Gasteiger partial charge in [-0.2, -0.15) is 0 Å². The Balaban J connectivity index is 2.58. The summed E-state index contributed by atoms with van der Waals surface area (Å²) in [7, 11) is 0. The molecule has 5 heteroatoms. The number of fused-ring (bicyclic) bond motifs is 1. The highest BCUT2D eigenvalue weighted by Crippen LogP contribution is 2.35. The van der Waals surface area contributed by atoms with Crippen molar-refractivity contribution >= 4 is 23.0 Å². The van der Waals surface area contributed by atoms with Crippen LogP contribution in [0.4, 0.5) is 0 Å². The average molecular weight is 264 g/mol. The second kappa shape index (κ2) is 4.94. The summed E-state index contributed by atoms with van der Waals surface area (Å²) in [4.78, 5) is 25.0. The molecule has 3 N–H and O–H groups in total. The third-order valence-electron chi connectivity index (χ3n) is 3.11. The van der Waals surface area contributed by atoms with Gasteiger partial charge in [-0.15, -0.1) is 11.3 Å². The highest BCUT2D eigenvalue weighted by Gasteiger charge is 2.25. The standard InChI is InChI=1S/C13H16N2O2S/c1-7-4-3-5-15-6-9(16)10-8(2)12(13(14)17)18-11(7)10/h3,5,7,15H,4,6H2,1-2H3,(H2,14,17)/b5-3+. The first-order valence-electron chi connectivity index (χ1n) is 5.87. The summed E-state index contributed by atoms with van der Waals surface area (Å²) in [6, 6.07) is 0. The molecule has 1 aliphatic rings. The van der Waals surface area contributed by atoms with Crippen LogP contribution in [0.15, 0.2) is 12.3 Å². The molecule has 18 heavy (non-hydrogen) atoms. The molecule has 1 aromatic rings. The number of nitrogens with two attached hydrogens (primary N) is 1. The highest BCUT2D eigenvalue weighted by atomic mass is 32.1. The molecule has 0 spiro atoms. The number of thiophene rings is 1. The summed E-state index contributed by atoms with van der Waals surface area (Å²) in [6.45, 7) is 4.11. The third-order valence-corrected chi connectivity index (χ3v) is 4.65. The molecule has 1 aromatic heterocycles. The van der Waals surface area contributed by atoms with Crippen LogP contribution < -0.4 is 11.1 Å². The summed E-state index contributed by atoms with van der Waals surface area (Å²) in [5, 5.41) is 2.96. The monoisotopic (exact) mass is 264 g/mol. The summed E-state index contributed by atoms with van der Waals surface area (Å²) in [6.07, 6.45) is 4.66. The smallest absolute Gasteiger partial charge is 0.259 e. The molecule has 0 saturated heterocycles. The fourth-order valence-corrected chi connectivity index (χ4v) is 3.41. The third kappa shape index (κ3) is 2.18. The topological polar surface area (TPSA) is 72.2 Å². The van der Waals surface area contributed by atoms with Crippen molar-refractivity contribution in [2.24, 2.45) is 5.73 Å². The summed E-state index contributed by atoms with van der Waals surface area (Å²) in [5.41, 5.74) is 6.76. The molecule has 0 bridgehead atoms. The van der Waals surface area contributed by atoms with Gasteiger partial charge in [0.15, 0.2) is 5.78 Å². The van der Waals surface area contributed by atoms with Crippen LogP contribution in [0.25, 0.3) is 0 Å². The van der Waals surface area contributed by atoms with E-state index in [4.69, 9.17) is 5.73 Å². The molecule has 1 amide bonds. The first-order chi connectivity index (χ1) is 8.52. The lowest BCUT2D eigenvalue weighted by molar-refractivity contribution is 0.0993. The second-order valence-electron chi connectivity index (χ2n) is 4.50. The van der Waals surface area contributed by atoms with Crippen LogP contribution in [0.1, 0.15) is 49.7 Å². The minimum Gasteiger partial charge on any atom is -0.384 e. The van der Waals surface area contributed by atoms with E-state index in [-0.39, 0.29) is 18.2 Å². The largest absolute Gasteiger partial charge is 0.384 e. The fourth-order valence-electron chi connectivity index (χ4n) is 2.17. The Hall–Kier alpha value is -1.62. The van der Waals surface area contributed by atoms with Gasteiger partial charge in [-0.1, -0.05) is 13.0 Å². The first-order valence-corrected chi connectivity index (χ1v) is 6.68. The molecule has 2 rings (SSSR count). The van der Waals surface area contributed by atoms with Crippen molar-refractivity contribution in [1.29, 1.82) is 0 Å². The van der Waals surface area contributed by atoms with Crippen molar-refractivity contribution in [3.63, 3.8) is 0 Å². The van der Waals surface area contributed by atoms with Crippen molar-refractivity contribution in [2.45, 2.75) is 26.2 Å². The zero-order valence-corrected chi connectivity index (χ0v) is 11.3. The predicted molar refractivity (Wildman–Crippen MR) is 72.1 cm³/mol. The molecular formula is C13H16N2O2S. The number of hydrogen-bond donors (Lipinski definition) is 2. The Bertz CT molecular complexity index is 531. The van der Waals surface area contributed by atoms with Gasteiger partial charge in [0.05, 0.1) is 11.4 Å². The number of primary amides is 1. The summed E-state index contributed by atoms with van der Waals surface area (Å²) in [5.74, 6) is -0.216. The normalized spacial score (nSPS) is 21.2. The molecule has 1 unspecified atom stereocenters. The Morgan fingerprint density at radius 3 is 2.94 bits per heavy atom. The number of amides is 1. The molecule has 0 radical (unpaired) electrons. The Morgan fingerprint density at radius 2 is 2.28 bits per heavy atom. The second-order valence-corrected chi connectivity index (χ2v) is 5.56. The van der Waals surface area contributed by atoms with E-state index in [1.807, 2.05) is 12.3 Å². The quantitative estimate of drug-likeness (QED) is 0.814. The Morgan fingerprint density at radius 1 is 1.56 bits per heavy atom. The van der Waals surface area contributed by atoms with Gasteiger partial charge < -0.3 is 11.1 Å². The maximum atomic E-state index is 12.2. The predicted octanol–water partition coefficient (Wildman–Crippen LogP) is 1.95. The molecular weight excluding hydrogens is 248 g/mol. The average Bonchev–Trinajstić information content (AvgIpc) is 2.67. The van der Waals surface area contributed by atoms with Crippen molar-refractivity contribution in [2.75, 3.05) is 6.54 Å². The number of nitrogens with one attached hydrogen (secondary N) is 1. The first kappa shape index (κ1) is 12.8. The summed E-state index contributed by atoms with van der Waals surface area (Å²) >= 11 is 1.36. The Labute approximate surface area is 110 Å². The lowest BCUT2D eigenvalue weighted by Gasteiger charge is -2.08. The van der Waals surface area contributed by atoms with Gasteiger partial charge >= 0.3 is 0 Å². The van der Waals surface area contributed by atoms with Crippen LogP contribution in [-0.4, -0.2) is 18.2 Å². The van der Waals surface area contributed by atoms with Crippen LogP contribution in [-0.2, 0) is 0 Å². The lowest BCUT2D eigenvalue weighted by atomic mass is 9.97. The molecule has 96 valence electrons. The van der Waals surface area contributed by atoms with Crippen molar-refractivity contribution in [3.8, 4) is 0 Å². The van der Waals surface area contributed by atoms with Crippen LogP contribution in [0.3, 0.4) is 0 Å². The molecule has 0 aliphatic carbocycles. The van der Waals surface area contributed by atoms with Gasteiger partial charge in [0.2, 0.25) is 0 Å². The minimum atomic E-state index is -0.453. The highest BCUT2D eigenvalue weighted by molar-refractivity contribution is 7.14. The fraction of sp³-hybridized carbons (Fsp3) is 0.385. The van der Waals surface area contributed by atoms with Gasteiger partial charge in [0.25, 0.3) is 5.91 Å². The van der Waals surface area contributed by atoms with E-state index in [0.717, 1.165) is 16.9 Å². The van der Waals surface area contributed by atoms with E-state index >= 15 is 0 Å². The van der Waals surface area contributed by atoms with Gasteiger partial charge in [-0.25, -0.2) is 0 Å². The number of Topliss-reactive ketones (excluding diaryl/α,β-unsaturated/α-hetero) is 1. The molecule has 4 nitrogen and oxygen atoms in total. The number of carbonyl (C=O) groups excluding carboxylic acids is 2. The molecule has 0 fully saturated rings. The van der Waals surface area contributed by atoms with E-state index in [2.05, 4.69) is 12.2 Å². The lowest BCUT2D eigenvalue weighted by Crippen LogP contribution is -2.19. The van der Waals surface area contributed by atoms with Gasteiger partial charge in [-0.05, 0) is 31.0 Å². The number of rotatable bonds is 1. The van der Waals surface area contributed by atoms with E-state index in [1.165, 1.54) is 11.3 Å². The van der Waals surface area contributed by atoms with E-state index in [0.29, 0.717) is 10.4 Å². The van der Waals surface area contributed by atoms with Crippen LogP contribution >= 0.6 is 11.3 Å². The van der Waals surface area contributed by atoms with E-state index < -0.39 is 5.91 Å². The van der Waals surface area contributed by atoms with Crippen molar-refractivity contribution in [1.82, 2.24) is 5.32 Å².